The molecule has 1 heterocycles. The number of hydrogen-bond acceptors (Lipinski definition) is 2. The van der Waals surface area contributed by atoms with E-state index in [1.807, 2.05) is 6.92 Å². The molecular formula is C12H22N2O2S. The first-order valence-corrected chi connectivity index (χ1v) is 7.67. The summed E-state index contributed by atoms with van der Waals surface area (Å²) in [6, 6.07) is -0.385. The Labute approximate surface area is 105 Å². The van der Waals surface area contributed by atoms with E-state index in [-0.39, 0.29) is 6.04 Å². The van der Waals surface area contributed by atoms with Gasteiger partial charge >= 0.3 is 0 Å². The number of nitrogens with one attached hydrogen (secondary N) is 1. The second-order valence-electron chi connectivity index (χ2n) is 4.71. The summed E-state index contributed by atoms with van der Waals surface area (Å²) in [5, 5.41) is 0. The van der Waals surface area contributed by atoms with E-state index in [9.17, 15) is 8.42 Å². The van der Waals surface area contributed by atoms with Crippen LogP contribution in [0.25, 0.3) is 0 Å². The number of hydrogen-bond donors (Lipinski definition) is 1. The molecule has 98 valence electrons. The molecule has 0 aliphatic carbocycles. The van der Waals surface area contributed by atoms with E-state index in [0.29, 0.717) is 25.4 Å². The fraction of sp³-hybridized carbons (Fsp3) is 0.833. The highest BCUT2D eigenvalue weighted by Gasteiger charge is 2.27. The van der Waals surface area contributed by atoms with Gasteiger partial charge in [-0.1, -0.05) is 26.2 Å². The van der Waals surface area contributed by atoms with Gasteiger partial charge in [-0.25, -0.2) is 0 Å². The first-order chi connectivity index (χ1) is 7.99. The van der Waals surface area contributed by atoms with Gasteiger partial charge in [0.2, 0.25) is 0 Å². The van der Waals surface area contributed by atoms with Gasteiger partial charge in [0.05, 0.1) is 6.04 Å². The summed E-state index contributed by atoms with van der Waals surface area (Å²) < 4.78 is 28.2. The first-order valence-electron chi connectivity index (χ1n) is 6.23. The van der Waals surface area contributed by atoms with Gasteiger partial charge < -0.3 is 0 Å². The molecule has 1 rings (SSSR count). The summed E-state index contributed by atoms with van der Waals surface area (Å²) >= 11 is 0. The normalized spacial score (nSPS) is 21.0. The molecule has 0 spiro atoms. The summed E-state index contributed by atoms with van der Waals surface area (Å²) in [5.74, 6) is 3.10. The maximum absolute atomic E-state index is 12.1. The van der Waals surface area contributed by atoms with Crippen molar-refractivity contribution in [2.45, 2.75) is 45.6 Å². The monoisotopic (exact) mass is 258 g/mol. The molecule has 1 aliphatic heterocycles. The molecule has 0 aromatic rings. The van der Waals surface area contributed by atoms with Crippen LogP contribution in [0.5, 0.6) is 0 Å². The van der Waals surface area contributed by atoms with E-state index in [1.54, 1.807) is 0 Å². The van der Waals surface area contributed by atoms with Crippen molar-refractivity contribution < 1.29 is 8.42 Å². The van der Waals surface area contributed by atoms with Crippen molar-refractivity contribution in [2.24, 2.45) is 5.92 Å². The highest BCUT2D eigenvalue weighted by atomic mass is 32.2. The Hall–Kier alpha value is -0.570. The Balaban J connectivity index is 2.59. The number of nitrogens with zero attached hydrogens (tertiary/aromatic N) is 1. The van der Waals surface area contributed by atoms with E-state index in [1.165, 1.54) is 4.31 Å². The van der Waals surface area contributed by atoms with Gasteiger partial charge in [0.15, 0.2) is 0 Å². The van der Waals surface area contributed by atoms with E-state index >= 15 is 0 Å². The third-order valence-corrected chi connectivity index (χ3v) is 4.78. The lowest BCUT2D eigenvalue weighted by Crippen LogP contribution is -2.47. The molecule has 0 amide bonds. The van der Waals surface area contributed by atoms with Crippen LogP contribution in [0.4, 0.5) is 0 Å². The van der Waals surface area contributed by atoms with Crippen LogP contribution in [0.15, 0.2) is 0 Å². The summed E-state index contributed by atoms with van der Waals surface area (Å²) in [5.41, 5.74) is 0. The van der Waals surface area contributed by atoms with Gasteiger partial charge in [-0.15, -0.1) is 6.42 Å². The topological polar surface area (TPSA) is 49.4 Å². The smallest absolute Gasteiger partial charge is 0.195 e. The zero-order valence-electron chi connectivity index (χ0n) is 10.6. The van der Waals surface area contributed by atoms with Crippen LogP contribution in [0.2, 0.25) is 0 Å². The molecule has 0 aromatic heterocycles. The number of rotatable bonds is 5. The lowest BCUT2D eigenvalue weighted by molar-refractivity contribution is 0.284. The van der Waals surface area contributed by atoms with E-state index in [0.717, 1.165) is 19.3 Å². The molecule has 1 fully saturated rings. The van der Waals surface area contributed by atoms with Crippen LogP contribution in [0.3, 0.4) is 0 Å². The fourth-order valence-corrected chi connectivity index (χ4v) is 3.33. The van der Waals surface area contributed by atoms with Crippen molar-refractivity contribution in [3.05, 3.63) is 0 Å². The molecule has 0 saturated carbocycles. The standard InChI is InChI=1S/C12H22N2O2S/c1-4-6-12(5-2)13-17(15,16)14-9-7-11(3)8-10-14/h2,11-13H,4,6-10H2,1,3H3. The highest BCUT2D eigenvalue weighted by molar-refractivity contribution is 7.87. The lowest BCUT2D eigenvalue weighted by Gasteiger charge is -2.30. The molecule has 0 radical (unpaired) electrons. The Bertz CT molecular complexity index is 364. The molecule has 1 unspecified atom stereocenters. The van der Waals surface area contributed by atoms with Crippen molar-refractivity contribution >= 4 is 10.2 Å². The Morgan fingerprint density at radius 3 is 2.53 bits per heavy atom. The minimum atomic E-state index is -3.40. The minimum Gasteiger partial charge on any atom is -0.195 e. The predicted molar refractivity (Wildman–Crippen MR) is 69.6 cm³/mol. The Morgan fingerprint density at radius 1 is 1.47 bits per heavy atom. The molecule has 1 N–H and O–H groups in total. The third kappa shape index (κ3) is 4.30. The largest absolute Gasteiger partial charge is 0.280 e. The number of terminal acetylenes is 1. The molecule has 1 saturated heterocycles. The second-order valence-corrected chi connectivity index (χ2v) is 6.41. The number of piperidine rings is 1. The SMILES string of the molecule is C#CC(CCC)NS(=O)(=O)N1CCC(C)CC1. The van der Waals surface area contributed by atoms with Gasteiger partial charge in [-0.3, -0.25) is 0 Å². The molecule has 17 heavy (non-hydrogen) atoms. The van der Waals surface area contributed by atoms with E-state index < -0.39 is 10.2 Å². The van der Waals surface area contributed by atoms with Crippen LogP contribution in [0, 0.1) is 18.3 Å². The predicted octanol–water partition coefficient (Wildman–Crippen LogP) is 1.35. The Kier molecular flexibility index (Phi) is 5.44. The van der Waals surface area contributed by atoms with Crippen molar-refractivity contribution in [3.8, 4) is 12.3 Å². The van der Waals surface area contributed by atoms with Gasteiger partial charge in [-0.2, -0.15) is 17.4 Å². The minimum absolute atomic E-state index is 0.385. The molecule has 1 atom stereocenters. The van der Waals surface area contributed by atoms with Crippen LogP contribution in [-0.2, 0) is 10.2 Å². The molecule has 0 aromatic carbocycles. The van der Waals surface area contributed by atoms with Crippen molar-refractivity contribution in [2.75, 3.05) is 13.1 Å². The Morgan fingerprint density at radius 2 is 2.06 bits per heavy atom. The lowest BCUT2D eigenvalue weighted by atomic mass is 10.0. The van der Waals surface area contributed by atoms with E-state index in [4.69, 9.17) is 6.42 Å². The van der Waals surface area contributed by atoms with Crippen LogP contribution in [0.1, 0.15) is 39.5 Å². The molecule has 0 bridgehead atoms. The van der Waals surface area contributed by atoms with Gasteiger partial charge in [0.1, 0.15) is 0 Å². The van der Waals surface area contributed by atoms with E-state index in [2.05, 4.69) is 17.6 Å². The fourth-order valence-electron chi connectivity index (χ4n) is 1.94. The summed E-state index contributed by atoms with van der Waals surface area (Å²) in [6.07, 6.45) is 8.72. The van der Waals surface area contributed by atoms with Crippen molar-refractivity contribution in [3.63, 3.8) is 0 Å². The third-order valence-electron chi connectivity index (χ3n) is 3.15. The quantitative estimate of drug-likeness (QED) is 0.757. The van der Waals surface area contributed by atoms with Crippen LogP contribution < -0.4 is 4.72 Å². The summed E-state index contributed by atoms with van der Waals surface area (Å²) in [6.45, 7) is 5.33. The molecular weight excluding hydrogens is 236 g/mol. The zero-order valence-corrected chi connectivity index (χ0v) is 11.5. The summed E-state index contributed by atoms with van der Waals surface area (Å²) in [4.78, 5) is 0. The molecule has 4 nitrogen and oxygen atoms in total. The maximum atomic E-state index is 12.1. The van der Waals surface area contributed by atoms with Gasteiger partial charge in [0, 0.05) is 13.1 Å². The molecule has 5 heteroatoms. The zero-order chi connectivity index (χ0) is 12.9. The van der Waals surface area contributed by atoms with Crippen LogP contribution >= 0.6 is 0 Å². The van der Waals surface area contributed by atoms with Crippen molar-refractivity contribution in [1.29, 1.82) is 0 Å². The van der Waals surface area contributed by atoms with Gasteiger partial charge in [-0.05, 0) is 25.2 Å². The van der Waals surface area contributed by atoms with Gasteiger partial charge in [0.25, 0.3) is 10.2 Å². The van der Waals surface area contributed by atoms with Crippen molar-refractivity contribution in [1.82, 2.24) is 9.03 Å². The average Bonchev–Trinajstić information content (AvgIpc) is 2.28. The van der Waals surface area contributed by atoms with Crippen LogP contribution in [-0.4, -0.2) is 31.9 Å². The maximum Gasteiger partial charge on any atom is 0.280 e. The first kappa shape index (κ1) is 14.5. The summed E-state index contributed by atoms with van der Waals surface area (Å²) in [7, 11) is -3.40. The second kappa shape index (κ2) is 6.39. The average molecular weight is 258 g/mol. The molecule has 1 aliphatic rings. The highest BCUT2D eigenvalue weighted by Crippen LogP contribution is 2.18.